The Morgan fingerprint density at radius 3 is 2.59 bits per heavy atom. The summed E-state index contributed by atoms with van der Waals surface area (Å²) < 4.78 is 21.7. The molecule has 1 aromatic heterocycles. The molecule has 10 nitrogen and oxygen atoms in total. The maximum atomic E-state index is 12.6. The van der Waals surface area contributed by atoms with Gasteiger partial charge in [-0.05, 0) is 37.6 Å². The summed E-state index contributed by atoms with van der Waals surface area (Å²) >= 11 is 0. The predicted octanol–water partition coefficient (Wildman–Crippen LogP) is 3.75. The highest BCUT2D eigenvalue weighted by atomic mass is 16.7. The van der Waals surface area contributed by atoms with Gasteiger partial charge in [0.15, 0.2) is 17.3 Å². The van der Waals surface area contributed by atoms with Crippen molar-refractivity contribution in [2.75, 3.05) is 13.9 Å². The molecule has 0 spiro atoms. The van der Waals surface area contributed by atoms with E-state index in [0.29, 0.717) is 33.9 Å². The molecule has 192 valence electrons. The van der Waals surface area contributed by atoms with Gasteiger partial charge in [0.2, 0.25) is 6.79 Å². The molecule has 3 heterocycles. The van der Waals surface area contributed by atoms with Crippen molar-refractivity contribution in [3.8, 4) is 28.7 Å². The van der Waals surface area contributed by atoms with Gasteiger partial charge < -0.3 is 34.3 Å². The number of aromatic nitrogens is 1. The minimum absolute atomic E-state index is 0.0388. The van der Waals surface area contributed by atoms with Crippen LogP contribution < -0.4 is 9.47 Å². The van der Waals surface area contributed by atoms with E-state index in [9.17, 15) is 24.9 Å². The van der Waals surface area contributed by atoms with Crippen molar-refractivity contribution in [3.63, 3.8) is 0 Å². The summed E-state index contributed by atoms with van der Waals surface area (Å²) in [5.74, 6) is -1.95. The van der Waals surface area contributed by atoms with E-state index < -0.39 is 29.5 Å². The number of hydrogen-bond donors (Lipinski definition) is 3. The Morgan fingerprint density at radius 1 is 1.11 bits per heavy atom. The average molecular weight is 507 g/mol. The normalized spacial score (nSPS) is 16.4. The van der Waals surface area contributed by atoms with Crippen LogP contribution >= 0.6 is 0 Å². The van der Waals surface area contributed by atoms with Gasteiger partial charge in [0.25, 0.3) is 0 Å². The van der Waals surface area contributed by atoms with Crippen LogP contribution in [0.1, 0.15) is 69.2 Å². The van der Waals surface area contributed by atoms with Crippen LogP contribution in [0.25, 0.3) is 0 Å². The topological polar surface area (TPSA) is 145 Å². The quantitative estimate of drug-likeness (QED) is 0.333. The molecule has 0 saturated heterocycles. The van der Waals surface area contributed by atoms with Crippen LogP contribution in [0.3, 0.4) is 0 Å². The van der Waals surface area contributed by atoms with Crippen molar-refractivity contribution in [1.29, 1.82) is 0 Å². The van der Waals surface area contributed by atoms with Crippen molar-refractivity contribution in [2.45, 2.75) is 38.9 Å². The number of methoxy groups -OCH3 is 1. The highest BCUT2D eigenvalue weighted by Gasteiger charge is 2.36. The Morgan fingerprint density at radius 2 is 1.86 bits per heavy atom. The third-order valence-electron chi connectivity index (χ3n) is 6.77. The number of carbonyl (C=O) groups is 2. The molecule has 37 heavy (non-hydrogen) atoms. The lowest BCUT2D eigenvalue weighted by molar-refractivity contribution is -0.140. The molecule has 10 heteroatoms. The molecule has 0 bridgehead atoms. The van der Waals surface area contributed by atoms with E-state index in [1.807, 2.05) is 0 Å². The lowest BCUT2D eigenvalue weighted by Crippen LogP contribution is -2.13. The first-order chi connectivity index (χ1) is 17.7. The summed E-state index contributed by atoms with van der Waals surface area (Å²) in [7, 11) is 1.23. The summed E-state index contributed by atoms with van der Waals surface area (Å²) in [4.78, 5) is 29.2. The number of hydrogen-bond acceptors (Lipinski definition) is 10. The molecular weight excluding hydrogens is 482 g/mol. The fourth-order valence-corrected chi connectivity index (χ4v) is 4.83. The van der Waals surface area contributed by atoms with Gasteiger partial charge in [-0.25, -0.2) is 0 Å². The Hall–Kier alpha value is -4.31. The minimum Gasteiger partial charge on any atom is -0.507 e. The Labute approximate surface area is 212 Å². The van der Waals surface area contributed by atoms with Crippen molar-refractivity contribution in [1.82, 2.24) is 4.98 Å². The molecule has 0 aliphatic carbocycles. The molecule has 0 amide bonds. The van der Waals surface area contributed by atoms with Gasteiger partial charge in [-0.3, -0.25) is 14.6 Å². The number of ketones is 1. The number of phenolic OH excluding ortho intramolecular Hbond substituents is 2. The van der Waals surface area contributed by atoms with Crippen LogP contribution in [0.2, 0.25) is 0 Å². The predicted molar refractivity (Wildman–Crippen MR) is 128 cm³/mol. The van der Waals surface area contributed by atoms with Crippen molar-refractivity contribution in [2.24, 2.45) is 0 Å². The van der Waals surface area contributed by atoms with Gasteiger partial charge in [0, 0.05) is 34.4 Å². The van der Waals surface area contributed by atoms with Crippen LogP contribution in [-0.2, 0) is 20.9 Å². The van der Waals surface area contributed by atoms with E-state index in [0.717, 1.165) is 0 Å². The van der Waals surface area contributed by atoms with Crippen LogP contribution in [-0.4, -0.2) is 46.0 Å². The molecule has 2 atom stereocenters. The van der Waals surface area contributed by atoms with E-state index in [4.69, 9.17) is 18.9 Å². The highest BCUT2D eigenvalue weighted by Crippen LogP contribution is 2.51. The molecule has 2 aromatic carbocycles. The number of phenols is 2. The number of pyridine rings is 1. The highest BCUT2D eigenvalue weighted by molar-refractivity contribution is 5.98. The third-order valence-corrected chi connectivity index (χ3v) is 6.77. The van der Waals surface area contributed by atoms with Crippen LogP contribution in [0.5, 0.6) is 28.7 Å². The number of ether oxygens (including phenoxy) is 4. The Bertz CT molecular complexity index is 1430. The second kappa shape index (κ2) is 9.29. The van der Waals surface area contributed by atoms with Gasteiger partial charge >= 0.3 is 5.97 Å². The summed E-state index contributed by atoms with van der Waals surface area (Å²) in [6.45, 7) is 3.08. The van der Waals surface area contributed by atoms with Gasteiger partial charge in [-0.1, -0.05) is 6.07 Å². The van der Waals surface area contributed by atoms with E-state index in [1.54, 1.807) is 31.3 Å². The molecule has 2 unspecified atom stereocenters. The molecule has 3 N–H and O–H groups in total. The smallest absolute Gasteiger partial charge is 0.306 e. The maximum Gasteiger partial charge on any atom is 0.306 e. The molecule has 0 fully saturated rings. The minimum atomic E-state index is -0.940. The van der Waals surface area contributed by atoms with Crippen LogP contribution in [0, 0.1) is 6.92 Å². The summed E-state index contributed by atoms with van der Waals surface area (Å²) in [6.07, 6.45) is 0.389. The Balaban J connectivity index is 1.73. The van der Waals surface area contributed by atoms with Crippen LogP contribution in [0.15, 0.2) is 30.5 Å². The van der Waals surface area contributed by atoms with Crippen molar-refractivity contribution >= 4 is 11.8 Å². The average Bonchev–Trinajstić information content (AvgIpc) is 3.52. The van der Waals surface area contributed by atoms with Gasteiger partial charge in [0.05, 0.1) is 31.4 Å². The number of esters is 1. The third kappa shape index (κ3) is 4.09. The number of aryl methyl sites for hydroxylation is 1. The fourth-order valence-electron chi connectivity index (χ4n) is 4.83. The summed E-state index contributed by atoms with van der Waals surface area (Å²) in [5.41, 5.74) is 1.99. The van der Waals surface area contributed by atoms with Gasteiger partial charge in [-0.2, -0.15) is 0 Å². The summed E-state index contributed by atoms with van der Waals surface area (Å²) in [5, 5.41) is 33.5. The molecule has 3 aromatic rings. The maximum absolute atomic E-state index is 12.6. The first-order valence-corrected chi connectivity index (χ1v) is 11.6. The zero-order valence-corrected chi connectivity index (χ0v) is 20.4. The first kappa shape index (κ1) is 24.4. The second-order valence-corrected chi connectivity index (χ2v) is 8.95. The number of rotatable bonds is 6. The zero-order valence-electron chi connectivity index (χ0n) is 20.4. The Kier molecular flexibility index (Phi) is 6.12. The number of benzene rings is 2. The zero-order chi connectivity index (χ0) is 26.4. The van der Waals surface area contributed by atoms with Gasteiger partial charge in [-0.15, -0.1) is 0 Å². The van der Waals surface area contributed by atoms with Crippen LogP contribution in [0.4, 0.5) is 0 Å². The summed E-state index contributed by atoms with van der Waals surface area (Å²) in [6, 6.07) is 6.34. The van der Waals surface area contributed by atoms with E-state index in [2.05, 4.69) is 4.98 Å². The lowest BCUT2D eigenvalue weighted by atomic mass is 9.83. The largest absolute Gasteiger partial charge is 0.507 e. The molecule has 5 rings (SSSR count). The number of aromatic hydroxyl groups is 3. The number of fused-ring (bicyclic) bond motifs is 2. The van der Waals surface area contributed by atoms with Gasteiger partial charge in [0.1, 0.15) is 23.4 Å². The first-order valence-electron chi connectivity index (χ1n) is 11.6. The number of nitrogens with zero attached hydrogens (tertiary/aromatic N) is 1. The van der Waals surface area contributed by atoms with E-state index >= 15 is 0 Å². The standard InChI is InChI=1S/C27H25NO9/c1-12-24(31)22-15(9-28-12)10-35-27(22)18-7-16(13(2)29)25(32)23(26(18)33)17(8-21(30)34-3)14-4-5-19-20(6-14)37-11-36-19/h4-7,9,17,27,31-33H,8,10-11H2,1-3H3. The monoisotopic (exact) mass is 507 g/mol. The lowest BCUT2D eigenvalue weighted by Gasteiger charge is -2.24. The number of Topliss-reactive ketones (excluding diaryl/α,β-unsaturated/α-hetero) is 1. The molecule has 2 aliphatic rings. The fraction of sp³-hybridized carbons (Fsp3) is 0.296. The molecule has 2 aliphatic heterocycles. The SMILES string of the molecule is COC(=O)CC(c1ccc2c(c1)OCO2)c1c(O)c(C(C)=O)cc(C2OCc3cnc(C)c(O)c32)c1O. The molecular formula is C27H25NO9. The number of carbonyl (C=O) groups excluding carboxylic acids is 2. The van der Waals surface area contributed by atoms with Crippen molar-refractivity contribution < 1.29 is 43.9 Å². The van der Waals surface area contributed by atoms with E-state index in [-0.39, 0.29) is 48.0 Å². The second-order valence-electron chi connectivity index (χ2n) is 8.95. The molecule has 0 saturated carbocycles. The van der Waals surface area contributed by atoms with Crippen molar-refractivity contribution in [3.05, 3.63) is 69.5 Å². The van der Waals surface area contributed by atoms with E-state index in [1.165, 1.54) is 20.1 Å². The molecule has 0 radical (unpaired) electrons.